The minimum absolute atomic E-state index is 0. The van der Waals surface area contributed by atoms with Gasteiger partial charge in [-0.25, -0.2) is 0 Å². The molecule has 0 unspecified atom stereocenters. The van der Waals surface area contributed by atoms with Crippen LogP contribution >= 0.6 is 0 Å². The van der Waals surface area contributed by atoms with Crippen LogP contribution in [0.1, 0.15) is 0 Å². The second kappa shape index (κ2) is 8.40. The number of azide groups is 2. The van der Waals surface area contributed by atoms with E-state index in [1.165, 1.54) is 0 Å². The van der Waals surface area contributed by atoms with Gasteiger partial charge in [0.25, 0.3) is 0 Å². The van der Waals surface area contributed by atoms with Crippen molar-refractivity contribution in [1.82, 2.24) is 40.7 Å². The van der Waals surface area contributed by atoms with E-state index in [0.29, 0.717) is 0 Å². The van der Waals surface area contributed by atoms with Gasteiger partial charge >= 0.3 is 27.7 Å². The Kier molecular flexibility index (Phi) is 7.20. The molecule has 0 spiro atoms. The fourth-order valence-electron chi connectivity index (χ4n) is 0.546. The van der Waals surface area contributed by atoms with Crippen LogP contribution in [0.15, 0.2) is 10.2 Å². The molecule has 2 rings (SSSR count). The van der Waals surface area contributed by atoms with Crippen molar-refractivity contribution in [1.29, 1.82) is 0 Å². The Morgan fingerprint density at radius 3 is 1.47 bits per heavy atom. The molecule has 0 atom stereocenters. The van der Waals surface area contributed by atoms with Crippen LogP contribution in [-0.2, 0) is 27.7 Å². The SMILES string of the molecule is [Hg+2].[N-]=[N+]=Nc1nnnn1[O-].[N-]=[N+]=Nc1nnnn1[O-]. The van der Waals surface area contributed by atoms with Crippen LogP contribution in [0.3, 0.4) is 0 Å². The zero-order valence-electron chi connectivity index (χ0n) is 8.78. The summed E-state index contributed by atoms with van der Waals surface area (Å²) in [6, 6.07) is 0. The first-order valence-corrected chi connectivity index (χ1v) is 3.71. The van der Waals surface area contributed by atoms with Gasteiger partial charge in [0.05, 0.1) is 0 Å². The van der Waals surface area contributed by atoms with E-state index in [1.807, 2.05) is 0 Å². The van der Waals surface area contributed by atoms with E-state index in [9.17, 15) is 10.4 Å². The molecule has 0 radical (unpaired) electrons. The van der Waals surface area contributed by atoms with Crippen molar-refractivity contribution in [2.45, 2.75) is 0 Å². The number of tetrazole rings is 2. The zero-order valence-corrected chi connectivity index (χ0v) is 14.3. The van der Waals surface area contributed by atoms with Crippen LogP contribution in [0.4, 0.5) is 11.9 Å². The van der Waals surface area contributed by atoms with Crippen molar-refractivity contribution < 1.29 is 27.7 Å². The predicted octanol–water partition coefficient (Wildman–Crippen LogP) is -0.0809. The quantitative estimate of drug-likeness (QED) is 0.258. The van der Waals surface area contributed by atoms with E-state index in [-0.39, 0.29) is 37.4 Å². The number of hydrogen-bond acceptors (Lipinski definition) is 10. The summed E-state index contributed by atoms with van der Waals surface area (Å²) in [6.45, 7) is 0. The summed E-state index contributed by atoms with van der Waals surface area (Å²) in [5.74, 6) is -0.782. The molecule has 0 fully saturated rings. The molecule has 0 saturated carbocycles. The molecule has 17 heteroatoms. The smallest absolute Gasteiger partial charge is 0.788 e. The first-order chi connectivity index (χ1) is 8.69. The van der Waals surface area contributed by atoms with E-state index in [0.717, 1.165) is 0 Å². The van der Waals surface area contributed by atoms with Crippen LogP contribution in [0.25, 0.3) is 20.9 Å². The average molecular weight is 453 g/mol. The standard InChI is InChI=1S/2CN7O.Hg/c2*2-5-3-1-4-6-7-8(1)9;/q2*-1;+2. The van der Waals surface area contributed by atoms with Gasteiger partial charge in [0.1, 0.15) is 0 Å². The Morgan fingerprint density at radius 1 is 0.895 bits per heavy atom. The second-order valence-electron chi connectivity index (χ2n) is 2.08. The van der Waals surface area contributed by atoms with Gasteiger partial charge in [-0.15, -0.1) is 10.2 Å². The van der Waals surface area contributed by atoms with Gasteiger partial charge < -0.3 is 10.4 Å². The van der Waals surface area contributed by atoms with Gasteiger partial charge in [0.2, 0.25) is 11.9 Å². The first kappa shape index (κ1) is 16.3. The Bertz CT molecular complexity index is 546. The largest absolute Gasteiger partial charge is 2.00 e. The molecule has 0 aromatic carbocycles. The van der Waals surface area contributed by atoms with Crippen LogP contribution in [0.5, 0.6) is 0 Å². The molecule has 0 N–H and O–H groups in total. The summed E-state index contributed by atoms with van der Waals surface area (Å²) in [6.07, 6.45) is 0. The minimum atomic E-state index is -0.391. The maximum Gasteiger partial charge on any atom is 2.00 e. The van der Waals surface area contributed by atoms with Gasteiger partial charge in [-0.3, -0.25) is 9.69 Å². The number of hydrogen-bond donors (Lipinski definition) is 0. The summed E-state index contributed by atoms with van der Waals surface area (Å²) in [5.41, 5.74) is 15.5. The van der Waals surface area contributed by atoms with Crippen molar-refractivity contribution in [2.75, 3.05) is 0 Å². The molecular weight excluding hydrogens is 453 g/mol. The Hall–Kier alpha value is -2.70. The molecule has 0 aliphatic carbocycles. The molecule has 19 heavy (non-hydrogen) atoms. The van der Waals surface area contributed by atoms with E-state index in [4.69, 9.17) is 11.1 Å². The molecule has 2 heterocycles. The molecule has 2 aromatic heterocycles. The molecule has 2 aromatic rings. The fraction of sp³-hybridized carbons (Fsp3) is 0. The Labute approximate surface area is 122 Å². The predicted molar refractivity (Wildman–Crippen MR) is 50.8 cm³/mol. The molecule has 0 aliphatic heterocycles. The van der Waals surface area contributed by atoms with Gasteiger partial charge in [-0.1, -0.05) is 0 Å². The number of rotatable bonds is 2. The van der Waals surface area contributed by atoms with Crippen LogP contribution in [0, 0.1) is 10.4 Å². The normalized spacial score (nSPS) is 8.00. The third kappa shape index (κ3) is 4.98. The van der Waals surface area contributed by atoms with E-state index in [2.05, 4.69) is 51.1 Å². The van der Waals surface area contributed by atoms with Gasteiger partial charge in [0.15, 0.2) is 0 Å². The molecular formula is C2HgN14O2. The van der Waals surface area contributed by atoms with Crippen LogP contribution in [-0.4, -0.2) is 40.7 Å². The molecule has 92 valence electrons. The summed E-state index contributed by atoms with van der Waals surface area (Å²) in [5, 5.41) is 43.9. The second-order valence-corrected chi connectivity index (χ2v) is 2.08. The average Bonchev–Trinajstić information content (AvgIpc) is 2.92. The molecule has 0 aliphatic rings. The fourth-order valence-corrected chi connectivity index (χ4v) is 0.546. The van der Waals surface area contributed by atoms with Gasteiger partial charge in [0, 0.05) is 9.82 Å². The van der Waals surface area contributed by atoms with E-state index < -0.39 is 11.9 Å². The molecule has 0 amide bonds. The van der Waals surface area contributed by atoms with Crippen molar-refractivity contribution in [3.63, 3.8) is 0 Å². The van der Waals surface area contributed by atoms with Crippen molar-refractivity contribution in [2.24, 2.45) is 10.2 Å². The third-order valence-electron chi connectivity index (χ3n) is 1.12. The van der Waals surface area contributed by atoms with E-state index >= 15 is 0 Å². The number of nitrogens with zero attached hydrogens (tertiary/aromatic N) is 14. The molecule has 0 bridgehead atoms. The minimum Gasteiger partial charge on any atom is -0.788 e. The summed E-state index contributed by atoms with van der Waals surface area (Å²) < 4.78 is 0. The van der Waals surface area contributed by atoms with E-state index in [1.54, 1.807) is 0 Å². The van der Waals surface area contributed by atoms with Gasteiger partial charge in [-0.05, 0) is 42.1 Å². The van der Waals surface area contributed by atoms with Crippen molar-refractivity contribution in [3.05, 3.63) is 31.3 Å². The Balaban J connectivity index is 0.000000324. The summed E-state index contributed by atoms with van der Waals surface area (Å²) in [7, 11) is 0. The summed E-state index contributed by atoms with van der Waals surface area (Å²) >= 11 is 0. The van der Waals surface area contributed by atoms with Crippen molar-refractivity contribution >= 4 is 11.9 Å². The van der Waals surface area contributed by atoms with Crippen LogP contribution in [0.2, 0.25) is 0 Å². The molecule has 16 nitrogen and oxygen atoms in total. The zero-order chi connectivity index (χ0) is 13.4. The maximum absolute atomic E-state index is 10.2. The Morgan fingerprint density at radius 2 is 1.26 bits per heavy atom. The summed E-state index contributed by atoms with van der Waals surface area (Å²) in [4.78, 5) is 4.66. The monoisotopic (exact) mass is 454 g/mol. The number of aromatic nitrogens is 8. The molecule has 0 saturated heterocycles. The maximum atomic E-state index is 10.2. The topological polar surface area (TPSA) is 231 Å². The third-order valence-corrected chi connectivity index (χ3v) is 1.12. The van der Waals surface area contributed by atoms with Gasteiger partial charge in [-0.2, -0.15) is 0 Å². The van der Waals surface area contributed by atoms with Crippen LogP contribution < -0.4 is 0 Å². The first-order valence-electron chi connectivity index (χ1n) is 3.71. The van der Waals surface area contributed by atoms with Crippen molar-refractivity contribution in [3.8, 4) is 0 Å².